The predicted octanol–water partition coefficient (Wildman–Crippen LogP) is 4.71. The lowest BCUT2D eigenvalue weighted by Gasteiger charge is -2.23. The largest absolute Gasteiger partial charge is 0.465 e. The van der Waals surface area contributed by atoms with Crippen molar-refractivity contribution >= 4 is 34.3 Å². The number of nitrogens with zero attached hydrogens (tertiary/aromatic N) is 3. The van der Waals surface area contributed by atoms with E-state index in [1.54, 1.807) is 13.1 Å². The molecule has 0 spiro atoms. The summed E-state index contributed by atoms with van der Waals surface area (Å²) in [7, 11) is 1.36. The minimum absolute atomic E-state index is 0.386. The van der Waals surface area contributed by atoms with Crippen molar-refractivity contribution < 1.29 is 9.53 Å². The van der Waals surface area contributed by atoms with Crippen LogP contribution >= 0.6 is 11.3 Å². The number of benzene rings is 2. The summed E-state index contributed by atoms with van der Waals surface area (Å²) < 4.78 is 4.74. The minimum Gasteiger partial charge on any atom is -0.465 e. The number of carbonyl (C=O) groups is 1. The van der Waals surface area contributed by atoms with Gasteiger partial charge in [-0.1, -0.05) is 53.8 Å². The Morgan fingerprint density at radius 3 is 2.59 bits per heavy atom. The molecule has 0 fully saturated rings. The van der Waals surface area contributed by atoms with Crippen LogP contribution in [-0.4, -0.2) is 30.8 Å². The predicted molar refractivity (Wildman–Crippen MR) is 119 cm³/mol. The lowest BCUT2D eigenvalue weighted by molar-refractivity contribution is 0.0605. The lowest BCUT2D eigenvalue weighted by Crippen LogP contribution is -2.21. The number of methoxy groups -OCH3 is 1. The number of nitrogens with one attached hydrogen (secondary N) is 1. The molecule has 0 atom stereocenters. The maximum absolute atomic E-state index is 11.6. The van der Waals surface area contributed by atoms with Crippen LogP contribution in [0.1, 0.15) is 33.4 Å². The highest BCUT2D eigenvalue weighted by atomic mass is 32.1. The van der Waals surface area contributed by atoms with Gasteiger partial charge < -0.3 is 9.64 Å². The second kappa shape index (κ2) is 9.84. The molecule has 0 aliphatic rings. The Balaban J connectivity index is 1.62. The quantitative estimate of drug-likeness (QED) is 0.332. The van der Waals surface area contributed by atoms with Gasteiger partial charge in [-0.05, 0) is 37.1 Å². The molecule has 0 aliphatic heterocycles. The molecule has 7 heteroatoms. The summed E-state index contributed by atoms with van der Waals surface area (Å²) in [5, 5.41) is 4.77. The number of anilines is 2. The fourth-order valence-electron chi connectivity index (χ4n) is 2.85. The van der Waals surface area contributed by atoms with Crippen LogP contribution in [0.4, 0.5) is 10.8 Å². The number of rotatable bonds is 8. The topological polar surface area (TPSA) is 66.8 Å². The Bertz CT molecular complexity index is 968. The Kier molecular flexibility index (Phi) is 6.97. The van der Waals surface area contributed by atoms with Crippen molar-refractivity contribution in [3.05, 3.63) is 76.3 Å². The Hall–Kier alpha value is -3.19. The molecule has 0 bridgehead atoms. The third kappa shape index (κ3) is 5.42. The van der Waals surface area contributed by atoms with Gasteiger partial charge in [-0.15, -0.1) is 0 Å². The lowest BCUT2D eigenvalue weighted by atomic mass is 10.1. The van der Waals surface area contributed by atoms with Gasteiger partial charge >= 0.3 is 5.97 Å². The monoisotopic (exact) mass is 408 g/mol. The van der Waals surface area contributed by atoms with Crippen molar-refractivity contribution in [3.63, 3.8) is 0 Å². The fourth-order valence-corrected chi connectivity index (χ4v) is 3.68. The molecule has 150 valence electrons. The van der Waals surface area contributed by atoms with Gasteiger partial charge in [0.05, 0.1) is 19.0 Å². The number of aryl methyl sites for hydroxylation is 1. The van der Waals surface area contributed by atoms with E-state index in [1.165, 1.54) is 29.7 Å². The second-order valence-corrected chi connectivity index (χ2v) is 7.39. The van der Waals surface area contributed by atoms with Crippen LogP contribution in [0.5, 0.6) is 0 Å². The number of carbonyl (C=O) groups excluding carboxylic acids is 1. The van der Waals surface area contributed by atoms with E-state index in [1.807, 2.05) is 18.2 Å². The van der Waals surface area contributed by atoms with E-state index >= 15 is 0 Å². The highest BCUT2D eigenvalue weighted by molar-refractivity contribution is 7.17. The summed E-state index contributed by atoms with van der Waals surface area (Å²) in [5.74, 6) is -0.386. The standard InChI is InChI=1S/C22H24N4O2S/c1-4-26(15-18-8-6-5-7-9-18)19-12-10-17(11-13-19)14-23-25-22-24-16(2)20(29-22)21(27)28-3/h5-14H,4,15H2,1-3H3,(H,24,25)/b23-14-. The number of ether oxygens (including phenoxy) is 1. The maximum Gasteiger partial charge on any atom is 0.350 e. The van der Waals surface area contributed by atoms with E-state index in [2.05, 4.69) is 63.7 Å². The van der Waals surface area contributed by atoms with Crippen LogP contribution in [-0.2, 0) is 11.3 Å². The summed E-state index contributed by atoms with van der Waals surface area (Å²) in [6, 6.07) is 18.7. The van der Waals surface area contributed by atoms with Gasteiger partial charge in [0.25, 0.3) is 0 Å². The molecule has 29 heavy (non-hydrogen) atoms. The van der Waals surface area contributed by atoms with Gasteiger partial charge in [0.1, 0.15) is 4.88 Å². The van der Waals surface area contributed by atoms with Crippen LogP contribution in [0.25, 0.3) is 0 Å². The van der Waals surface area contributed by atoms with Crippen molar-refractivity contribution in [2.24, 2.45) is 5.10 Å². The first-order chi connectivity index (χ1) is 14.1. The number of aromatic nitrogens is 1. The van der Waals surface area contributed by atoms with Crippen molar-refractivity contribution in [1.29, 1.82) is 0 Å². The zero-order valence-corrected chi connectivity index (χ0v) is 17.6. The number of hydrazone groups is 1. The SMILES string of the molecule is CCN(Cc1ccccc1)c1ccc(/C=N\Nc2nc(C)c(C(=O)OC)s2)cc1. The third-order valence-electron chi connectivity index (χ3n) is 4.40. The Morgan fingerprint density at radius 1 is 1.21 bits per heavy atom. The fraction of sp³-hybridized carbons (Fsp3) is 0.227. The van der Waals surface area contributed by atoms with E-state index in [0.717, 1.165) is 18.7 Å². The van der Waals surface area contributed by atoms with Gasteiger partial charge in [-0.2, -0.15) is 5.10 Å². The zero-order valence-electron chi connectivity index (χ0n) is 16.8. The summed E-state index contributed by atoms with van der Waals surface area (Å²) in [5.41, 5.74) is 6.92. The van der Waals surface area contributed by atoms with Gasteiger partial charge in [-0.25, -0.2) is 9.78 Å². The van der Waals surface area contributed by atoms with Crippen LogP contribution in [0.3, 0.4) is 0 Å². The first kappa shape index (κ1) is 20.5. The molecular formula is C22H24N4O2S. The molecule has 3 rings (SSSR count). The average Bonchev–Trinajstić information content (AvgIpc) is 3.13. The van der Waals surface area contributed by atoms with Gasteiger partial charge in [-0.3, -0.25) is 5.43 Å². The summed E-state index contributed by atoms with van der Waals surface area (Å²) in [4.78, 5) is 18.7. The van der Waals surface area contributed by atoms with E-state index < -0.39 is 0 Å². The van der Waals surface area contributed by atoms with Gasteiger partial charge in [0, 0.05) is 18.8 Å². The molecule has 0 saturated carbocycles. The Morgan fingerprint density at radius 2 is 1.93 bits per heavy atom. The molecule has 6 nitrogen and oxygen atoms in total. The third-order valence-corrected chi connectivity index (χ3v) is 5.44. The van der Waals surface area contributed by atoms with E-state index in [-0.39, 0.29) is 5.97 Å². The van der Waals surface area contributed by atoms with Gasteiger partial charge in [0.15, 0.2) is 0 Å². The summed E-state index contributed by atoms with van der Waals surface area (Å²) in [6.45, 7) is 5.72. The molecule has 1 aromatic heterocycles. The van der Waals surface area contributed by atoms with E-state index in [9.17, 15) is 4.79 Å². The van der Waals surface area contributed by atoms with Crippen molar-refractivity contribution in [3.8, 4) is 0 Å². The highest BCUT2D eigenvalue weighted by Crippen LogP contribution is 2.23. The van der Waals surface area contributed by atoms with Crippen LogP contribution in [0.2, 0.25) is 0 Å². The molecule has 3 aromatic rings. The van der Waals surface area contributed by atoms with Crippen molar-refractivity contribution in [1.82, 2.24) is 4.98 Å². The van der Waals surface area contributed by atoms with Crippen LogP contribution in [0.15, 0.2) is 59.7 Å². The molecule has 1 N–H and O–H groups in total. The highest BCUT2D eigenvalue weighted by Gasteiger charge is 2.15. The Labute approximate surface area is 174 Å². The number of esters is 1. The molecule has 0 unspecified atom stereocenters. The first-order valence-corrected chi connectivity index (χ1v) is 10.2. The molecule has 2 aromatic carbocycles. The number of hydrogen-bond acceptors (Lipinski definition) is 7. The maximum atomic E-state index is 11.6. The molecule has 0 amide bonds. The second-order valence-electron chi connectivity index (χ2n) is 6.39. The summed E-state index contributed by atoms with van der Waals surface area (Å²) >= 11 is 1.22. The van der Waals surface area contributed by atoms with E-state index in [4.69, 9.17) is 4.74 Å². The summed E-state index contributed by atoms with van der Waals surface area (Å²) in [6.07, 6.45) is 1.73. The average molecular weight is 409 g/mol. The zero-order chi connectivity index (χ0) is 20.6. The normalized spacial score (nSPS) is 10.9. The van der Waals surface area contributed by atoms with Crippen molar-refractivity contribution in [2.75, 3.05) is 24.0 Å². The molecular weight excluding hydrogens is 384 g/mol. The smallest absolute Gasteiger partial charge is 0.350 e. The number of hydrogen-bond donors (Lipinski definition) is 1. The first-order valence-electron chi connectivity index (χ1n) is 9.34. The minimum atomic E-state index is -0.386. The molecule has 0 aliphatic carbocycles. The van der Waals surface area contributed by atoms with Crippen LogP contribution < -0.4 is 10.3 Å². The number of thiazole rings is 1. The van der Waals surface area contributed by atoms with Crippen LogP contribution in [0, 0.1) is 6.92 Å². The van der Waals surface area contributed by atoms with Gasteiger partial charge in [0.2, 0.25) is 5.13 Å². The van der Waals surface area contributed by atoms with Crippen molar-refractivity contribution in [2.45, 2.75) is 20.4 Å². The molecule has 0 saturated heterocycles. The van der Waals surface area contributed by atoms with E-state index in [0.29, 0.717) is 15.7 Å². The molecule has 0 radical (unpaired) electrons. The molecule has 1 heterocycles.